The zero-order valence-electron chi connectivity index (χ0n) is 38.9. The van der Waals surface area contributed by atoms with Crippen LogP contribution in [0.2, 0.25) is 0 Å². The lowest BCUT2D eigenvalue weighted by atomic mass is 10.1. The van der Waals surface area contributed by atoms with E-state index in [0.717, 1.165) is 122 Å². The van der Waals surface area contributed by atoms with Crippen molar-refractivity contribution in [2.75, 3.05) is 13.2 Å². The molecule has 0 aromatic rings. The lowest BCUT2D eigenvalue weighted by Gasteiger charge is -2.18. The van der Waals surface area contributed by atoms with Gasteiger partial charge < -0.3 is 14.2 Å². The van der Waals surface area contributed by atoms with Crippen molar-refractivity contribution in [3.63, 3.8) is 0 Å². The summed E-state index contributed by atoms with van der Waals surface area (Å²) in [5.41, 5.74) is 0. The molecule has 0 bridgehead atoms. The van der Waals surface area contributed by atoms with Crippen LogP contribution in [0.25, 0.3) is 0 Å². The first kappa shape index (κ1) is 56.6. The molecule has 0 aliphatic heterocycles. The van der Waals surface area contributed by atoms with Crippen molar-refractivity contribution in [1.82, 2.24) is 0 Å². The van der Waals surface area contributed by atoms with Gasteiger partial charge in [-0.05, 0) is 109 Å². The van der Waals surface area contributed by atoms with Crippen LogP contribution in [-0.4, -0.2) is 37.2 Å². The van der Waals surface area contributed by atoms with Gasteiger partial charge in [-0.15, -0.1) is 0 Å². The molecule has 6 nitrogen and oxygen atoms in total. The van der Waals surface area contributed by atoms with Crippen molar-refractivity contribution < 1.29 is 28.6 Å². The fraction of sp³-hybridized carbons (Fsp3) is 0.685. The summed E-state index contributed by atoms with van der Waals surface area (Å²) in [5.74, 6) is -0.952. The fourth-order valence-corrected chi connectivity index (χ4v) is 6.38. The van der Waals surface area contributed by atoms with Gasteiger partial charge >= 0.3 is 17.9 Å². The smallest absolute Gasteiger partial charge is 0.306 e. The molecule has 0 fully saturated rings. The Morgan fingerprint density at radius 1 is 0.350 bits per heavy atom. The molecule has 60 heavy (non-hydrogen) atoms. The summed E-state index contributed by atoms with van der Waals surface area (Å²) in [4.78, 5) is 37.8. The van der Waals surface area contributed by atoms with Crippen LogP contribution in [0.3, 0.4) is 0 Å². The second kappa shape index (κ2) is 48.3. The standard InChI is InChI=1S/C54H90O6/c1-4-7-10-13-16-19-22-24-25-26-27-28-29-30-33-35-38-41-44-47-53(56)59-50-51(49-58-52(55)46-43-40-37-34-31-21-18-15-12-9-6-3)60-54(57)48-45-42-39-36-32-23-20-17-14-11-8-5-2/h7,10,15-20,24-25,27-28,30,33,51H,4-6,8-9,11-14,21-23,26,29,31-32,34-50H2,1-3H3/b10-7-,18-15-,19-16-,20-17-,25-24-,28-27-,33-30-. The van der Waals surface area contributed by atoms with Gasteiger partial charge in [-0.25, -0.2) is 0 Å². The van der Waals surface area contributed by atoms with Crippen molar-refractivity contribution in [2.24, 2.45) is 0 Å². The van der Waals surface area contributed by atoms with E-state index in [-0.39, 0.29) is 31.1 Å². The maximum Gasteiger partial charge on any atom is 0.306 e. The molecule has 0 aliphatic rings. The summed E-state index contributed by atoms with van der Waals surface area (Å²) in [6, 6.07) is 0. The highest BCUT2D eigenvalue weighted by Crippen LogP contribution is 2.13. The topological polar surface area (TPSA) is 78.9 Å². The van der Waals surface area contributed by atoms with E-state index in [1.165, 1.54) is 57.8 Å². The molecule has 6 heteroatoms. The SMILES string of the molecule is CC/C=C\C/C=C\C/C=C\C/C=C\C/C=C\CCCCCC(=O)OCC(COC(=O)CCCCCCC/C=C\CCCC)OC(=O)CCCCCCC/C=C\CCCCC. The largest absolute Gasteiger partial charge is 0.462 e. The van der Waals surface area contributed by atoms with Crippen molar-refractivity contribution in [3.05, 3.63) is 85.1 Å². The highest BCUT2D eigenvalue weighted by atomic mass is 16.6. The number of carbonyl (C=O) groups is 3. The van der Waals surface area contributed by atoms with Gasteiger partial charge in [0.2, 0.25) is 0 Å². The molecule has 0 amide bonds. The summed E-state index contributed by atoms with van der Waals surface area (Å²) < 4.78 is 16.7. The van der Waals surface area contributed by atoms with Crippen LogP contribution in [0.15, 0.2) is 85.1 Å². The third kappa shape index (κ3) is 45.7. The third-order valence-electron chi connectivity index (χ3n) is 10.1. The van der Waals surface area contributed by atoms with Gasteiger partial charge in [0.1, 0.15) is 13.2 Å². The Morgan fingerprint density at radius 2 is 0.667 bits per heavy atom. The van der Waals surface area contributed by atoms with E-state index in [1.54, 1.807) is 0 Å². The minimum Gasteiger partial charge on any atom is -0.462 e. The molecule has 0 rings (SSSR count). The van der Waals surface area contributed by atoms with Crippen LogP contribution in [-0.2, 0) is 28.6 Å². The first-order valence-electron chi connectivity index (χ1n) is 24.6. The van der Waals surface area contributed by atoms with Gasteiger partial charge in [0.15, 0.2) is 6.10 Å². The van der Waals surface area contributed by atoms with E-state index < -0.39 is 6.10 Å². The summed E-state index contributed by atoms with van der Waals surface area (Å²) in [7, 11) is 0. The third-order valence-corrected chi connectivity index (χ3v) is 10.1. The first-order valence-corrected chi connectivity index (χ1v) is 24.6. The summed E-state index contributed by atoms with van der Waals surface area (Å²) >= 11 is 0. The maximum atomic E-state index is 12.7. The van der Waals surface area contributed by atoms with Crippen LogP contribution in [0, 0.1) is 0 Å². The van der Waals surface area contributed by atoms with Crippen molar-refractivity contribution in [1.29, 1.82) is 0 Å². The molecule has 0 aromatic heterocycles. The monoisotopic (exact) mass is 835 g/mol. The van der Waals surface area contributed by atoms with Crippen LogP contribution in [0.5, 0.6) is 0 Å². The molecule has 0 saturated carbocycles. The van der Waals surface area contributed by atoms with Crippen molar-refractivity contribution in [2.45, 2.75) is 226 Å². The van der Waals surface area contributed by atoms with E-state index >= 15 is 0 Å². The van der Waals surface area contributed by atoms with Crippen molar-refractivity contribution >= 4 is 17.9 Å². The Hall–Kier alpha value is -3.41. The Morgan fingerprint density at radius 3 is 1.10 bits per heavy atom. The quantitative estimate of drug-likeness (QED) is 0.0263. The highest BCUT2D eigenvalue weighted by molar-refractivity contribution is 5.71. The van der Waals surface area contributed by atoms with E-state index in [2.05, 4.69) is 106 Å². The molecule has 0 N–H and O–H groups in total. The van der Waals surface area contributed by atoms with Crippen LogP contribution in [0.1, 0.15) is 220 Å². The lowest BCUT2D eigenvalue weighted by molar-refractivity contribution is -0.167. The molecule has 0 heterocycles. The number of unbranched alkanes of at least 4 members (excludes halogenated alkanes) is 18. The second-order valence-corrected chi connectivity index (χ2v) is 16.0. The Balaban J connectivity index is 4.44. The molecule has 0 aromatic carbocycles. The summed E-state index contributed by atoms with van der Waals surface area (Å²) in [5, 5.41) is 0. The zero-order valence-corrected chi connectivity index (χ0v) is 38.9. The average Bonchev–Trinajstić information content (AvgIpc) is 3.24. The number of ether oxygens (including phenoxy) is 3. The molecular weight excluding hydrogens is 745 g/mol. The number of hydrogen-bond acceptors (Lipinski definition) is 6. The molecule has 0 saturated heterocycles. The second-order valence-electron chi connectivity index (χ2n) is 16.0. The van der Waals surface area contributed by atoms with Gasteiger partial charge in [0.05, 0.1) is 0 Å². The van der Waals surface area contributed by atoms with Crippen molar-refractivity contribution in [3.8, 4) is 0 Å². The number of esters is 3. The molecule has 0 radical (unpaired) electrons. The minimum atomic E-state index is -0.796. The molecule has 342 valence electrons. The highest BCUT2D eigenvalue weighted by Gasteiger charge is 2.19. The first-order chi connectivity index (χ1) is 29.5. The molecule has 0 aliphatic carbocycles. The van der Waals surface area contributed by atoms with E-state index in [1.807, 2.05) is 0 Å². The number of carbonyl (C=O) groups excluding carboxylic acids is 3. The number of rotatable bonds is 43. The van der Waals surface area contributed by atoms with Gasteiger partial charge in [0.25, 0.3) is 0 Å². The summed E-state index contributed by atoms with van der Waals surface area (Å²) in [6.07, 6.45) is 61.3. The van der Waals surface area contributed by atoms with Crippen LogP contribution < -0.4 is 0 Å². The van der Waals surface area contributed by atoms with Crippen LogP contribution in [0.4, 0.5) is 0 Å². The van der Waals surface area contributed by atoms with Gasteiger partial charge in [0, 0.05) is 19.3 Å². The molecular formula is C54H90O6. The summed E-state index contributed by atoms with van der Waals surface area (Å²) in [6.45, 7) is 6.40. The van der Waals surface area contributed by atoms with Gasteiger partial charge in [-0.1, -0.05) is 176 Å². The van der Waals surface area contributed by atoms with E-state index in [9.17, 15) is 14.4 Å². The van der Waals surface area contributed by atoms with Gasteiger partial charge in [-0.2, -0.15) is 0 Å². The van der Waals surface area contributed by atoms with Crippen LogP contribution >= 0.6 is 0 Å². The lowest BCUT2D eigenvalue weighted by Crippen LogP contribution is -2.30. The molecule has 0 spiro atoms. The zero-order chi connectivity index (χ0) is 43.7. The average molecular weight is 835 g/mol. The Bertz CT molecular complexity index is 1190. The maximum absolute atomic E-state index is 12.7. The normalized spacial score (nSPS) is 12.8. The predicted octanol–water partition coefficient (Wildman–Crippen LogP) is 16.0. The van der Waals surface area contributed by atoms with Gasteiger partial charge in [-0.3, -0.25) is 14.4 Å². The number of hydrogen-bond donors (Lipinski definition) is 0. The van der Waals surface area contributed by atoms with E-state index in [4.69, 9.17) is 14.2 Å². The minimum absolute atomic E-state index is 0.0958. The Kier molecular flexibility index (Phi) is 45.5. The predicted molar refractivity (Wildman–Crippen MR) is 256 cm³/mol. The molecule has 1 unspecified atom stereocenters. The number of allylic oxidation sites excluding steroid dienone is 14. The van der Waals surface area contributed by atoms with E-state index in [0.29, 0.717) is 19.3 Å². The molecule has 1 atom stereocenters. The Labute approximate surface area is 369 Å². The fourth-order valence-electron chi connectivity index (χ4n) is 6.38.